The third-order valence-corrected chi connectivity index (χ3v) is 3.69. The molecule has 1 aliphatic carbocycles. The number of amides is 1. The minimum absolute atomic E-state index is 0.292. The molecule has 1 N–H and O–H groups in total. The quantitative estimate of drug-likeness (QED) is 0.727. The molecular weight excluding hydrogens is 200 g/mol. The maximum Gasteiger partial charge on any atom is 0.223 e. The summed E-state index contributed by atoms with van der Waals surface area (Å²) in [5.41, 5.74) is 0. The van der Waals surface area contributed by atoms with Gasteiger partial charge < -0.3 is 10.2 Å². The lowest BCUT2D eigenvalue weighted by Gasteiger charge is -2.33. The van der Waals surface area contributed by atoms with Crippen LogP contribution in [0, 0.1) is 5.92 Å². The van der Waals surface area contributed by atoms with E-state index in [0.717, 1.165) is 19.0 Å². The zero-order chi connectivity index (χ0) is 12.0. The molecule has 0 aromatic heterocycles. The van der Waals surface area contributed by atoms with Crippen LogP contribution in [0.5, 0.6) is 0 Å². The Balaban J connectivity index is 2.27. The van der Waals surface area contributed by atoms with Crippen LogP contribution >= 0.6 is 0 Å². The van der Waals surface area contributed by atoms with Crippen molar-refractivity contribution in [2.45, 2.75) is 52.0 Å². The van der Waals surface area contributed by atoms with Gasteiger partial charge in [-0.2, -0.15) is 0 Å². The molecule has 0 atom stereocenters. The molecule has 3 heteroatoms. The van der Waals surface area contributed by atoms with Crippen LogP contribution in [0.25, 0.3) is 0 Å². The molecule has 0 radical (unpaired) electrons. The van der Waals surface area contributed by atoms with Crippen LogP contribution in [-0.2, 0) is 4.79 Å². The standard InChI is InChI=1S/C13H26N2O/c1-4-14-10-9-13(16)15(3)12-7-5-11(2)6-8-12/h11-12,14H,4-10H2,1-3H3. The van der Waals surface area contributed by atoms with Gasteiger partial charge in [-0.05, 0) is 38.1 Å². The molecule has 0 heterocycles. The normalized spacial score (nSPS) is 25.4. The predicted molar refractivity (Wildman–Crippen MR) is 67.4 cm³/mol. The largest absolute Gasteiger partial charge is 0.343 e. The summed E-state index contributed by atoms with van der Waals surface area (Å²) in [7, 11) is 1.97. The van der Waals surface area contributed by atoms with Crippen LogP contribution < -0.4 is 5.32 Å². The lowest BCUT2D eigenvalue weighted by atomic mass is 9.86. The second kappa shape index (κ2) is 6.89. The summed E-state index contributed by atoms with van der Waals surface area (Å²) < 4.78 is 0. The molecule has 3 nitrogen and oxygen atoms in total. The van der Waals surface area contributed by atoms with E-state index in [1.165, 1.54) is 25.7 Å². The highest BCUT2D eigenvalue weighted by Crippen LogP contribution is 2.26. The van der Waals surface area contributed by atoms with Crippen molar-refractivity contribution in [3.05, 3.63) is 0 Å². The Bertz CT molecular complexity index is 210. The van der Waals surface area contributed by atoms with Gasteiger partial charge in [0.05, 0.1) is 0 Å². The van der Waals surface area contributed by atoms with Gasteiger partial charge in [0.25, 0.3) is 0 Å². The van der Waals surface area contributed by atoms with Crippen LogP contribution in [0.4, 0.5) is 0 Å². The average Bonchev–Trinajstić information content (AvgIpc) is 2.29. The second-order valence-electron chi connectivity index (χ2n) is 5.02. The van der Waals surface area contributed by atoms with E-state index in [1.807, 2.05) is 11.9 Å². The Kier molecular flexibility index (Phi) is 5.81. The number of hydrogen-bond acceptors (Lipinski definition) is 2. The maximum atomic E-state index is 11.9. The highest BCUT2D eigenvalue weighted by Gasteiger charge is 2.24. The summed E-state index contributed by atoms with van der Waals surface area (Å²) in [4.78, 5) is 13.9. The zero-order valence-corrected chi connectivity index (χ0v) is 11.0. The van der Waals surface area contributed by atoms with E-state index < -0.39 is 0 Å². The van der Waals surface area contributed by atoms with Crippen molar-refractivity contribution in [2.24, 2.45) is 5.92 Å². The second-order valence-corrected chi connectivity index (χ2v) is 5.02. The molecule has 0 saturated heterocycles. The van der Waals surface area contributed by atoms with E-state index in [0.29, 0.717) is 18.4 Å². The Labute approximate surface area is 99.6 Å². The molecule has 0 spiro atoms. The van der Waals surface area contributed by atoms with Gasteiger partial charge in [-0.15, -0.1) is 0 Å². The fraction of sp³-hybridized carbons (Fsp3) is 0.923. The van der Waals surface area contributed by atoms with Gasteiger partial charge in [0, 0.05) is 26.1 Å². The van der Waals surface area contributed by atoms with Crippen LogP contribution in [0.2, 0.25) is 0 Å². The first-order valence-corrected chi connectivity index (χ1v) is 6.61. The number of carbonyl (C=O) groups is 1. The van der Waals surface area contributed by atoms with Gasteiger partial charge in [-0.3, -0.25) is 4.79 Å². The van der Waals surface area contributed by atoms with Gasteiger partial charge in [-0.25, -0.2) is 0 Å². The smallest absolute Gasteiger partial charge is 0.223 e. The minimum atomic E-state index is 0.292. The van der Waals surface area contributed by atoms with Crippen LogP contribution in [-0.4, -0.2) is 37.0 Å². The van der Waals surface area contributed by atoms with Gasteiger partial charge >= 0.3 is 0 Å². The predicted octanol–water partition coefficient (Wildman–Crippen LogP) is 2.02. The molecule has 1 amide bonds. The summed E-state index contributed by atoms with van der Waals surface area (Å²) in [6.07, 6.45) is 5.55. The van der Waals surface area contributed by atoms with Crippen LogP contribution in [0.15, 0.2) is 0 Å². The van der Waals surface area contributed by atoms with Crippen molar-refractivity contribution >= 4 is 5.91 Å². The van der Waals surface area contributed by atoms with Crippen molar-refractivity contribution in [3.63, 3.8) is 0 Å². The Morgan fingerprint density at radius 3 is 2.50 bits per heavy atom. The number of hydrogen-bond donors (Lipinski definition) is 1. The first kappa shape index (κ1) is 13.5. The van der Waals surface area contributed by atoms with Crippen molar-refractivity contribution in [1.29, 1.82) is 0 Å². The summed E-state index contributed by atoms with van der Waals surface area (Å²) in [6.45, 7) is 6.13. The first-order valence-electron chi connectivity index (χ1n) is 6.61. The molecule has 0 aliphatic heterocycles. The number of carbonyl (C=O) groups excluding carboxylic acids is 1. The third kappa shape index (κ3) is 4.12. The molecule has 0 aromatic carbocycles. The van der Waals surface area contributed by atoms with E-state index in [4.69, 9.17) is 0 Å². The number of rotatable bonds is 5. The topological polar surface area (TPSA) is 32.3 Å². The third-order valence-electron chi connectivity index (χ3n) is 3.69. The zero-order valence-electron chi connectivity index (χ0n) is 11.0. The molecule has 0 bridgehead atoms. The number of nitrogens with one attached hydrogen (secondary N) is 1. The van der Waals surface area contributed by atoms with Gasteiger partial charge in [0.15, 0.2) is 0 Å². The average molecular weight is 226 g/mol. The molecule has 1 saturated carbocycles. The van der Waals surface area contributed by atoms with E-state index in [-0.39, 0.29) is 0 Å². The molecular formula is C13H26N2O. The maximum absolute atomic E-state index is 11.9. The van der Waals surface area contributed by atoms with Crippen molar-refractivity contribution in [3.8, 4) is 0 Å². The lowest BCUT2D eigenvalue weighted by Crippen LogP contribution is -2.40. The molecule has 16 heavy (non-hydrogen) atoms. The summed E-state index contributed by atoms with van der Waals surface area (Å²) >= 11 is 0. The highest BCUT2D eigenvalue weighted by molar-refractivity contribution is 5.76. The Hall–Kier alpha value is -0.570. The molecule has 0 unspecified atom stereocenters. The summed E-state index contributed by atoms with van der Waals surface area (Å²) in [5, 5.41) is 3.20. The molecule has 1 rings (SSSR count). The first-order chi connectivity index (χ1) is 7.65. The van der Waals surface area contributed by atoms with E-state index in [9.17, 15) is 4.79 Å². The van der Waals surface area contributed by atoms with Crippen molar-refractivity contribution < 1.29 is 4.79 Å². The molecule has 1 fully saturated rings. The Morgan fingerprint density at radius 1 is 1.31 bits per heavy atom. The fourth-order valence-electron chi connectivity index (χ4n) is 2.38. The van der Waals surface area contributed by atoms with Crippen LogP contribution in [0.1, 0.15) is 46.0 Å². The van der Waals surface area contributed by atoms with Gasteiger partial charge in [0.2, 0.25) is 5.91 Å². The Morgan fingerprint density at radius 2 is 1.94 bits per heavy atom. The molecule has 0 aromatic rings. The van der Waals surface area contributed by atoms with Gasteiger partial charge in [0.1, 0.15) is 0 Å². The fourth-order valence-corrected chi connectivity index (χ4v) is 2.38. The molecule has 94 valence electrons. The SMILES string of the molecule is CCNCCC(=O)N(C)C1CCC(C)CC1. The van der Waals surface area contributed by atoms with Gasteiger partial charge in [-0.1, -0.05) is 13.8 Å². The summed E-state index contributed by atoms with van der Waals surface area (Å²) in [6, 6.07) is 0.491. The van der Waals surface area contributed by atoms with E-state index in [2.05, 4.69) is 19.2 Å². The van der Waals surface area contributed by atoms with Crippen LogP contribution in [0.3, 0.4) is 0 Å². The van der Waals surface area contributed by atoms with Crippen molar-refractivity contribution in [2.75, 3.05) is 20.1 Å². The highest BCUT2D eigenvalue weighted by atomic mass is 16.2. The van der Waals surface area contributed by atoms with E-state index >= 15 is 0 Å². The summed E-state index contributed by atoms with van der Waals surface area (Å²) in [5.74, 6) is 1.14. The lowest BCUT2D eigenvalue weighted by molar-refractivity contribution is -0.132. The molecule has 1 aliphatic rings. The number of nitrogens with zero attached hydrogens (tertiary/aromatic N) is 1. The monoisotopic (exact) mass is 226 g/mol. The van der Waals surface area contributed by atoms with Crippen molar-refractivity contribution in [1.82, 2.24) is 10.2 Å². The van der Waals surface area contributed by atoms with E-state index in [1.54, 1.807) is 0 Å². The minimum Gasteiger partial charge on any atom is -0.343 e.